The van der Waals surface area contributed by atoms with Crippen LogP contribution in [0.25, 0.3) is 11.1 Å². The molecule has 1 aliphatic carbocycles. The van der Waals surface area contributed by atoms with Gasteiger partial charge >= 0.3 is 5.97 Å². The van der Waals surface area contributed by atoms with E-state index in [4.69, 9.17) is 18.9 Å². The van der Waals surface area contributed by atoms with Gasteiger partial charge in [0.25, 0.3) is 0 Å². The molecule has 38 heavy (non-hydrogen) atoms. The number of methoxy groups -OCH3 is 2. The van der Waals surface area contributed by atoms with Crippen molar-refractivity contribution in [3.63, 3.8) is 0 Å². The Hall–Kier alpha value is -2.71. The average Bonchev–Trinajstić information content (AvgIpc) is 3.28. The van der Waals surface area contributed by atoms with E-state index in [1.807, 2.05) is 18.2 Å². The molecule has 0 unspecified atom stereocenters. The van der Waals surface area contributed by atoms with Gasteiger partial charge in [-0.2, -0.15) is 0 Å². The number of hydrogen-bond acceptors (Lipinski definition) is 7. The fourth-order valence-electron chi connectivity index (χ4n) is 5.57. The lowest BCUT2D eigenvalue weighted by atomic mass is 9.94. The Morgan fingerprint density at radius 1 is 1.08 bits per heavy atom. The highest BCUT2D eigenvalue weighted by Crippen LogP contribution is 2.36. The second-order valence-electron chi connectivity index (χ2n) is 10.1. The number of esters is 1. The van der Waals surface area contributed by atoms with Crippen LogP contribution in [0.15, 0.2) is 60.7 Å². The van der Waals surface area contributed by atoms with E-state index < -0.39 is 6.10 Å². The number of aliphatic hydroxyl groups is 1. The first-order valence-electron chi connectivity index (χ1n) is 13.7. The predicted molar refractivity (Wildman–Crippen MR) is 147 cm³/mol. The predicted octanol–water partition coefficient (Wildman–Crippen LogP) is 4.62. The normalized spacial score (nSPS) is 24.1. The standard InChI is InChI=1S/C31H41NO6/c1-35-26-9-7-8-25(20-26)24-14-12-23(13-15-24)22-38-29-21-28(33)31(32-16-18-37-19-17-32)27(29)10-5-3-4-6-11-30(34)36-2/h3,5,7-9,12-15,20,27-29,31,33H,4,6,10-11,16-19,21-22H2,1-2H3/t27-,28+,29-,31+/m0/s1. The third-order valence-electron chi connectivity index (χ3n) is 7.63. The fraction of sp³-hybridized carbons (Fsp3) is 0.516. The molecule has 7 heteroatoms. The number of allylic oxidation sites excluding steroid dienone is 2. The van der Waals surface area contributed by atoms with Crippen LogP contribution >= 0.6 is 0 Å². The number of carbonyl (C=O) groups is 1. The van der Waals surface area contributed by atoms with Crippen molar-refractivity contribution in [1.82, 2.24) is 4.90 Å². The molecule has 1 N–H and O–H groups in total. The van der Waals surface area contributed by atoms with Gasteiger partial charge in [0.15, 0.2) is 0 Å². The first-order chi connectivity index (χ1) is 18.6. The van der Waals surface area contributed by atoms with Gasteiger partial charge in [-0.3, -0.25) is 9.69 Å². The van der Waals surface area contributed by atoms with Gasteiger partial charge in [0, 0.05) is 37.9 Å². The SMILES string of the molecule is COC(=O)CCCC=CC[C@@H]1[C@@H](N2CCOCC2)[C@H](O)C[C@@H]1OCc1ccc(-c2cccc(OC)c2)cc1. The average molecular weight is 524 g/mol. The molecule has 2 aromatic carbocycles. The second-order valence-corrected chi connectivity index (χ2v) is 10.1. The maximum atomic E-state index is 11.3. The number of benzene rings is 2. The minimum Gasteiger partial charge on any atom is -0.497 e. The molecule has 206 valence electrons. The zero-order valence-electron chi connectivity index (χ0n) is 22.6. The van der Waals surface area contributed by atoms with Gasteiger partial charge in [-0.05, 0) is 48.1 Å². The number of aliphatic hydroxyl groups excluding tert-OH is 1. The minimum atomic E-state index is -0.425. The van der Waals surface area contributed by atoms with Crippen LogP contribution in [0.4, 0.5) is 0 Å². The van der Waals surface area contributed by atoms with Crippen molar-refractivity contribution in [1.29, 1.82) is 0 Å². The van der Waals surface area contributed by atoms with E-state index in [1.54, 1.807) is 7.11 Å². The van der Waals surface area contributed by atoms with Crippen LogP contribution in [-0.4, -0.2) is 74.7 Å². The van der Waals surface area contributed by atoms with Crippen molar-refractivity contribution < 1.29 is 28.8 Å². The highest BCUT2D eigenvalue weighted by molar-refractivity contribution is 5.69. The number of ether oxygens (including phenoxy) is 4. The molecule has 4 rings (SSSR count). The minimum absolute atomic E-state index is 0.0318. The Morgan fingerprint density at radius 3 is 2.61 bits per heavy atom. The fourth-order valence-corrected chi connectivity index (χ4v) is 5.57. The summed E-state index contributed by atoms with van der Waals surface area (Å²) in [6.45, 7) is 3.57. The van der Waals surface area contributed by atoms with Crippen molar-refractivity contribution in [2.45, 2.75) is 57.0 Å². The van der Waals surface area contributed by atoms with Crippen LogP contribution in [0.2, 0.25) is 0 Å². The van der Waals surface area contributed by atoms with Crippen molar-refractivity contribution in [2.75, 3.05) is 40.5 Å². The molecule has 2 aliphatic rings. The number of rotatable bonds is 12. The highest BCUT2D eigenvalue weighted by Gasteiger charge is 2.45. The molecule has 0 bridgehead atoms. The van der Waals surface area contributed by atoms with Crippen molar-refractivity contribution in [2.24, 2.45) is 5.92 Å². The number of nitrogens with zero attached hydrogens (tertiary/aromatic N) is 1. The van der Waals surface area contributed by atoms with Gasteiger partial charge in [-0.15, -0.1) is 0 Å². The van der Waals surface area contributed by atoms with E-state index in [1.165, 1.54) is 7.11 Å². The topological polar surface area (TPSA) is 77.5 Å². The molecule has 1 saturated carbocycles. The van der Waals surface area contributed by atoms with Gasteiger partial charge in [0.1, 0.15) is 5.75 Å². The summed E-state index contributed by atoms with van der Waals surface area (Å²) in [5.74, 6) is 0.860. The summed E-state index contributed by atoms with van der Waals surface area (Å²) in [6, 6.07) is 16.5. The Bertz CT molecular complexity index is 1030. The Kier molecular flexibility index (Phi) is 10.8. The first-order valence-corrected chi connectivity index (χ1v) is 13.7. The molecule has 0 amide bonds. The smallest absolute Gasteiger partial charge is 0.305 e. The van der Waals surface area contributed by atoms with E-state index >= 15 is 0 Å². The van der Waals surface area contributed by atoms with Crippen LogP contribution in [0.5, 0.6) is 5.75 Å². The van der Waals surface area contributed by atoms with Gasteiger partial charge < -0.3 is 24.1 Å². The Labute approximate surface area is 226 Å². The van der Waals surface area contributed by atoms with Crippen molar-refractivity contribution in [3.8, 4) is 16.9 Å². The zero-order chi connectivity index (χ0) is 26.7. The molecule has 4 atom stereocenters. The molecule has 0 spiro atoms. The van der Waals surface area contributed by atoms with Crippen molar-refractivity contribution in [3.05, 3.63) is 66.2 Å². The molecule has 0 radical (unpaired) electrons. The number of unbranched alkanes of at least 4 members (excludes halogenated alkanes) is 1. The molecular formula is C31H41NO6. The second kappa shape index (κ2) is 14.4. The van der Waals surface area contributed by atoms with Gasteiger partial charge in [-0.1, -0.05) is 48.6 Å². The number of morpholine rings is 1. The quantitative estimate of drug-likeness (QED) is 0.247. The summed E-state index contributed by atoms with van der Waals surface area (Å²) in [5.41, 5.74) is 3.35. The van der Waals surface area contributed by atoms with E-state index in [-0.39, 0.29) is 24.0 Å². The summed E-state index contributed by atoms with van der Waals surface area (Å²) >= 11 is 0. The van der Waals surface area contributed by atoms with E-state index in [2.05, 4.69) is 47.4 Å². The summed E-state index contributed by atoms with van der Waals surface area (Å²) < 4.78 is 22.1. The number of carbonyl (C=O) groups excluding carboxylic acids is 1. The van der Waals surface area contributed by atoms with Crippen LogP contribution in [0.3, 0.4) is 0 Å². The lowest BCUT2D eigenvalue weighted by Crippen LogP contribution is -2.50. The van der Waals surface area contributed by atoms with Crippen LogP contribution < -0.4 is 4.74 Å². The number of hydrogen-bond donors (Lipinski definition) is 1. The molecule has 1 heterocycles. The molecule has 7 nitrogen and oxygen atoms in total. The summed E-state index contributed by atoms with van der Waals surface area (Å²) in [4.78, 5) is 13.7. The lowest BCUT2D eigenvalue weighted by Gasteiger charge is -2.37. The van der Waals surface area contributed by atoms with Crippen LogP contribution in [0, 0.1) is 5.92 Å². The molecule has 1 aliphatic heterocycles. The molecule has 2 fully saturated rings. The maximum absolute atomic E-state index is 11.3. The maximum Gasteiger partial charge on any atom is 0.305 e. The van der Waals surface area contributed by atoms with E-state index in [0.29, 0.717) is 32.7 Å². The third kappa shape index (κ3) is 7.67. The third-order valence-corrected chi connectivity index (χ3v) is 7.63. The summed E-state index contributed by atoms with van der Waals surface area (Å²) in [6.07, 6.45) is 7.36. The molecule has 0 aromatic heterocycles. The Balaban J connectivity index is 1.37. The lowest BCUT2D eigenvalue weighted by molar-refractivity contribution is -0.140. The molecular weight excluding hydrogens is 482 g/mol. The monoisotopic (exact) mass is 523 g/mol. The largest absolute Gasteiger partial charge is 0.497 e. The van der Waals surface area contributed by atoms with Gasteiger partial charge in [-0.25, -0.2) is 0 Å². The van der Waals surface area contributed by atoms with Crippen LogP contribution in [0.1, 0.15) is 37.7 Å². The van der Waals surface area contributed by atoms with Crippen molar-refractivity contribution >= 4 is 5.97 Å². The zero-order valence-corrected chi connectivity index (χ0v) is 22.6. The van der Waals surface area contributed by atoms with Gasteiger partial charge in [0.05, 0.1) is 46.2 Å². The highest BCUT2D eigenvalue weighted by atomic mass is 16.5. The Morgan fingerprint density at radius 2 is 1.87 bits per heavy atom. The molecule has 2 aromatic rings. The van der Waals surface area contributed by atoms with Crippen LogP contribution in [-0.2, 0) is 25.6 Å². The molecule has 1 saturated heterocycles. The summed E-state index contributed by atoms with van der Waals surface area (Å²) in [7, 11) is 3.10. The summed E-state index contributed by atoms with van der Waals surface area (Å²) in [5, 5.41) is 11.1. The van der Waals surface area contributed by atoms with Gasteiger partial charge in [0.2, 0.25) is 0 Å². The van der Waals surface area contributed by atoms with E-state index in [0.717, 1.165) is 54.8 Å². The first kappa shape index (κ1) is 28.3. The van der Waals surface area contributed by atoms with E-state index in [9.17, 15) is 9.90 Å².